The van der Waals surface area contributed by atoms with Gasteiger partial charge in [0, 0.05) is 18.1 Å². The highest BCUT2D eigenvalue weighted by Crippen LogP contribution is 2.25. The second-order valence-electron chi connectivity index (χ2n) is 4.65. The number of carbonyl (C=O) groups is 1. The number of thioether (sulfide) groups is 1. The summed E-state index contributed by atoms with van der Waals surface area (Å²) in [6, 6.07) is 11.2. The summed E-state index contributed by atoms with van der Waals surface area (Å²) in [6.07, 6.45) is 0. The van der Waals surface area contributed by atoms with Crippen molar-refractivity contribution in [3.63, 3.8) is 0 Å². The fraction of sp³-hybridized carbons (Fsp3) is 0.188. The number of amides is 1. The maximum atomic E-state index is 11.9. The van der Waals surface area contributed by atoms with E-state index < -0.39 is 5.91 Å². The smallest absolute Gasteiger partial charge is 0.258 e. The van der Waals surface area contributed by atoms with Crippen LogP contribution < -0.4 is 5.32 Å². The Morgan fingerprint density at radius 3 is 2.41 bits per heavy atom. The normalized spacial score (nSPS) is 10.4. The van der Waals surface area contributed by atoms with Gasteiger partial charge in [-0.15, -0.1) is 0 Å². The van der Waals surface area contributed by atoms with Crippen molar-refractivity contribution in [3.8, 4) is 17.2 Å². The molecule has 0 unspecified atom stereocenters. The number of hydrogen-bond acceptors (Lipinski definition) is 5. The van der Waals surface area contributed by atoms with Gasteiger partial charge in [-0.05, 0) is 29.8 Å². The molecule has 2 aromatic rings. The van der Waals surface area contributed by atoms with Gasteiger partial charge in [0.1, 0.15) is 22.8 Å². The van der Waals surface area contributed by atoms with E-state index >= 15 is 0 Å². The van der Waals surface area contributed by atoms with Crippen LogP contribution in [0.15, 0.2) is 42.5 Å². The summed E-state index contributed by atoms with van der Waals surface area (Å²) in [4.78, 5) is 11.9. The zero-order chi connectivity index (χ0) is 15.9. The molecule has 0 aliphatic carbocycles. The maximum absolute atomic E-state index is 11.9. The van der Waals surface area contributed by atoms with Crippen LogP contribution in [-0.2, 0) is 5.75 Å². The lowest BCUT2D eigenvalue weighted by Gasteiger charge is -2.08. The number of hydrogen-bond donors (Lipinski definition) is 4. The van der Waals surface area contributed by atoms with Crippen LogP contribution in [0.2, 0.25) is 0 Å². The zero-order valence-corrected chi connectivity index (χ0v) is 12.6. The molecule has 0 fully saturated rings. The number of carbonyl (C=O) groups excluding carboxylic acids is 1. The van der Waals surface area contributed by atoms with Gasteiger partial charge in [-0.1, -0.05) is 18.2 Å². The van der Waals surface area contributed by atoms with Crippen molar-refractivity contribution in [1.82, 2.24) is 5.32 Å². The molecular formula is C16H17NO4S. The molecule has 4 N–H and O–H groups in total. The van der Waals surface area contributed by atoms with Crippen LogP contribution in [0.25, 0.3) is 0 Å². The minimum absolute atomic E-state index is 0.111. The molecule has 2 aromatic carbocycles. The van der Waals surface area contributed by atoms with Crippen LogP contribution >= 0.6 is 11.8 Å². The molecule has 0 bridgehead atoms. The standard InChI is InChI=1S/C16H17NO4S/c18-12-4-1-3-11(9-12)10-22-8-7-17-16(21)15-13(19)5-2-6-14(15)20/h1-6,9,18-20H,7-8,10H2,(H,17,21). The predicted molar refractivity (Wildman–Crippen MR) is 86.4 cm³/mol. The highest BCUT2D eigenvalue weighted by molar-refractivity contribution is 7.98. The van der Waals surface area contributed by atoms with E-state index in [0.717, 1.165) is 11.3 Å². The Labute approximate surface area is 132 Å². The first-order valence-electron chi connectivity index (χ1n) is 6.72. The molecule has 0 saturated carbocycles. The molecule has 1 amide bonds. The van der Waals surface area contributed by atoms with Crippen LogP contribution in [0.1, 0.15) is 15.9 Å². The minimum Gasteiger partial charge on any atom is -0.508 e. The Bertz CT molecular complexity index is 640. The Kier molecular flexibility index (Phi) is 5.55. The van der Waals surface area contributed by atoms with Crippen LogP contribution in [0.3, 0.4) is 0 Å². The molecule has 22 heavy (non-hydrogen) atoms. The molecule has 2 rings (SSSR count). The monoisotopic (exact) mass is 319 g/mol. The fourth-order valence-corrected chi connectivity index (χ4v) is 2.73. The van der Waals surface area contributed by atoms with Crippen LogP contribution in [0, 0.1) is 0 Å². The summed E-state index contributed by atoms with van der Waals surface area (Å²) in [5, 5.41) is 31.2. The predicted octanol–water partition coefficient (Wildman–Crippen LogP) is 2.47. The van der Waals surface area contributed by atoms with Gasteiger partial charge in [0.25, 0.3) is 5.91 Å². The molecule has 0 aliphatic heterocycles. The number of rotatable bonds is 6. The van der Waals surface area contributed by atoms with Crippen molar-refractivity contribution < 1.29 is 20.1 Å². The van der Waals surface area contributed by atoms with Crippen molar-refractivity contribution in [2.45, 2.75) is 5.75 Å². The number of phenols is 3. The van der Waals surface area contributed by atoms with Gasteiger partial charge in [0.2, 0.25) is 0 Å². The van der Waals surface area contributed by atoms with Crippen molar-refractivity contribution in [1.29, 1.82) is 0 Å². The highest BCUT2D eigenvalue weighted by Gasteiger charge is 2.15. The average Bonchev–Trinajstić information content (AvgIpc) is 2.47. The summed E-state index contributed by atoms with van der Waals surface area (Å²) in [5.41, 5.74) is 0.898. The van der Waals surface area contributed by atoms with E-state index in [1.807, 2.05) is 6.07 Å². The summed E-state index contributed by atoms with van der Waals surface area (Å²) < 4.78 is 0. The third-order valence-electron chi connectivity index (χ3n) is 2.96. The van der Waals surface area contributed by atoms with Gasteiger partial charge in [0.15, 0.2) is 0 Å². The first-order chi connectivity index (χ1) is 10.6. The fourth-order valence-electron chi connectivity index (χ4n) is 1.92. The topological polar surface area (TPSA) is 89.8 Å². The quantitative estimate of drug-likeness (QED) is 0.614. The molecule has 0 atom stereocenters. The Morgan fingerprint density at radius 2 is 1.73 bits per heavy atom. The SMILES string of the molecule is O=C(NCCSCc1cccc(O)c1)c1c(O)cccc1O. The highest BCUT2D eigenvalue weighted by atomic mass is 32.2. The molecule has 116 valence electrons. The van der Waals surface area contributed by atoms with E-state index in [1.165, 1.54) is 18.2 Å². The number of benzene rings is 2. The first-order valence-corrected chi connectivity index (χ1v) is 7.88. The van der Waals surface area contributed by atoms with Crippen LogP contribution in [0.5, 0.6) is 17.2 Å². The van der Waals surface area contributed by atoms with Gasteiger partial charge >= 0.3 is 0 Å². The molecule has 0 saturated heterocycles. The zero-order valence-electron chi connectivity index (χ0n) is 11.8. The van der Waals surface area contributed by atoms with Gasteiger partial charge in [0.05, 0.1) is 0 Å². The Balaban J connectivity index is 1.76. The van der Waals surface area contributed by atoms with E-state index in [4.69, 9.17) is 0 Å². The molecule has 0 aliphatic rings. The summed E-state index contributed by atoms with van der Waals surface area (Å²) >= 11 is 1.61. The molecule has 0 heterocycles. The summed E-state index contributed by atoms with van der Waals surface area (Å²) in [7, 11) is 0. The molecule has 0 radical (unpaired) electrons. The Morgan fingerprint density at radius 1 is 1.05 bits per heavy atom. The maximum Gasteiger partial charge on any atom is 0.258 e. The molecule has 6 heteroatoms. The van der Waals surface area contributed by atoms with E-state index in [-0.39, 0.29) is 22.8 Å². The molecule has 0 aromatic heterocycles. The van der Waals surface area contributed by atoms with Crippen molar-refractivity contribution in [3.05, 3.63) is 53.6 Å². The number of phenolic OH excluding ortho intramolecular Hbond substituents is 3. The summed E-state index contributed by atoms with van der Waals surface area (Å²) in [5.74, 6) is 0.645. The van der Waals surface area contributed by atoms with Crippen molar-refractivity contribution in [2.24, 2.45) is 0 Å². The van der Waals surface area contributed by atoms with Gasteiger partial charge < -0.3 is 20.6 Å². The van der Waals surface area contributed by atoms with Gasteiger partial charge in [-0.2, -0.15) is 11.8 Å². The minimum atomic E-state index is -0.506. The largest absolute Gasteiger partial charge is 0.508 e. The number of aromatic hydroxyl groups is 3. The van der Waals surface area contributed by atoms with Gasteiger partial charge in [-0.3, -0.25) is 4.79 Å². The molecule has 0 spiro atoms. The van der Waals surface area contributed by atoms with Crippen molar-refractivity contribution in [2.75, 3.05) is 12.3 Å². The lowest BCUT2D eigenvalue weighted by molar-refractivity contribution is 0.0950. The molecule has 5 nitrogen and oxygen atoms in total. The first kappa shape index (κ1) is 16.0. The van der Waals surface area contributed by atoms with Crippen LogP contribution in [0.4, 0.5) is 0 Å². The summed E-state index contributed by atoms with van der Waals surface area (Å²) in [6.45, 7) is 0.413. The molecular weight excluding hydrogens is 302 g/mol. The van der Waals surface area contributed by atoms with E-state index in [1.54, 1.807) is 30.0 Å². The third-order valence-corrected chi connectivity index (χ3v) is 3.99. The van der Waals surface area contributed by atoms with E-state index in [9.17, 15) is 20.1 Å². The Hall–Kier alpha value is -2.34. The van der Waals surface area contributed by atoms with Crippen molar-refractivity contribution >= 4 is 17.7 Å². The van der Waals surface area contributed by atoms with E-state index in [0.29, 0.717) is 12.3 Å². The van der Waals surface area contributed by atoms with Crippen LogP contribution in [-0.4, -0.2) is 33.5 Å². The average molecular weight is 319 g/mol. The van der Waals surface area contributed by atoms with Gasteiger partial charge in [-0.25, -0.2) is 0 Å². The second kappa shape index (κ2) is 7.61. The second-order valence-corrected chi connectivity index (χ2v) is 5.75. The lowest BCUT2D eigenvalue weighted by atomic mass is 10.1. The van der Waals surface area contributed by atoms with E-state index in [2.05, 4.69) is 5.32 Å². The third kappa shape index (κ3) is 4.33. The lowest BCUT2D eigenvalue weighted by Crippen LogP contribution is -2.25. The number of nitrogens with one attached hydrogen (secondary N) is 1.